The molecule has 0 bridgehead atoms. The molecule has 0 spiro atoms. The van der Waals surface area contributed by atoms with E-state index in [4.69, 9.17) is 16.6 Å². The Morgan fingerprint density at radius 3 is 1.85 bits per heavy atom. The number of carbonyl (C=O) groups excluding carboxylic acids is 7. The molecule has 1 rings (SSSR count). The Hall–Kier alpha value is -5.58. The summed E-state index contributed by atoms with van der Waals surface area (Å²) in [7, 11) is 0. The SMILES string of the molecule is CC(C)C[C@H](NC(=O)[C@H](C)NC(=O)[C@@H](NC(=O)[C@@H](NC(=O)CNC(=O)[C@@H]1CCCN1)[C@@H](C)O)C(C)C)C(=O)N[C@@H](CCCN=C(N)N)C(=O)N[C@@H](CCC(=O)O)C(=O)O. The normalized spacial score (nSPS) is 17.1. The Morgan fingerprint density at radius 1 is 0.729 bits per heavy atom. The van der Waals surface area contributed by atoms with Crippen molar-refractivity contribution >= 4 is 59.2 Å². The van der Waals surface area contributed by atoms with Gasteiger partial charge in [0.1, 0.15) is 36.3 Å². The molecule has 0 aromatic carbocycles. The number of carboxylic acid groups (broad SMARTS) is 2. The third-order valence-corrected chi connectivity index (χ3v) is 9.06. The number of hydrogen-bond acceptors (Lipinski definition) is 12. The molecule has 1 aliphatic heterocycles. The Balaban J connectivity index is 3.06. The molecule has 15 N–H and O–H groups in total. The van der Waals surface area contributed by atoms with Crippen molar-refractivity contribution in [2.45, 2.75) is 135 Å². The number of aliphatic carboxylic acids is 2. The van der Waals surface area contributed by atoms with E-state index < -0.39 is 121 Å². The molecule has 0 saturated carbocycles. The molecule has 23 heteroatoms. The van der Waals surface area contributed by atoms with Crippen LogP contribution < -0.4 is 54.0 Å². The van der Waals surface area contributed by atoms with Crippen LogP contribution in [0.4, 0.5) is 0 Å². The van der Waals surface area contributed by atoms with Crippen LogP contribution in [0.25, 0.3) is 0 Å². The summed E-state index contributed by atoms with van der Waals surface area (Å²) < 4.78 is 0. The zero-order chi connectivity index (χ0) is 45.0. The van der Waals surface area contributed by atoms with E-state index in [2.05, 4.69) is 47.5 Å². The number of nitrogens with zero attached hydrogens (tertiary/aromatic N) is 1. The van der Waals surface area contributed by atoms with Crippen molar-refractivity contribution in [3.63, 3.8) is 0 Å². The minimum absolute atomic E-state index is 0.0525. The van der Waals surface area contributed by atoms with Gasteiger partial charge in [0.05, 0.1) is 18.7 Å². The number of rotatable bonds is 26. The number of hydrogen-bond donors (Lipinski definition) is 13. The van der Waals surface area contributed by atoms with Gasteiger partial charge < -0.3 is 69.3 Å². The van der Waals surface area contributed by atoms with Gasteiger partial charge in [0.25, 0.3) is 0 Å². The van der Waals surface area contributed by atoms with Crippen molar-refractivity contribution in [3.8, 4) is 0 Å². The number of aliphatic imine (C=N–C) groups is 1. The predicted octanol–water partition coefficient (Wildman–Crippen LogP) is -4.13. The lowest BCUT2D eigenvalue weighted by Gasteiger charge is -2.28. The van der Waals surface area contributed by atoms with Crippen LogP contribution in [0.2, 0.25) is 0 Å². The smallest absolute Gasteiger partial charge is 0.326 e. The Kier molecular flexibility index (Phi) is 22.4. The molecule has 8 atom stereocenters. The van der Waals surface area contributed by atoms with Gasteiger partial charge in [-0.15, -0.1) is 0 Å². The average molecular weight is 842 g/mol. The standard InChI is InChI=1S/C36H63N11O12/c1-17(2)15-24(32(55)43-22(10-8-14-40-36(37)38)31(54)44-23(35(58)59)11-12-26(50)51)45-29(52)19(5)42-33(56)27(18(3)4)47-34(57)28(20(6)48)46-25(49)16-41-30(53)21-9-7-13-39-21/h17-24,27-28,39,48H,7-16H2,1-6H3,(H,41,53)(H,42,56)(H,43,55)(H,44,54)(H,45,52)(H,46,49)(H,47,57)(H,50,51)(H,58,59)(H4,37,38,40)/t19-,20+,21-,22-,23-,24-,27-,28-/m0/s1. The van der Waals surface area contributed by atoms with Gasteiger partial charge in [0.2, 0.25) is 41.4 Å². The lowest BCUT2D eigenvalue weighted by Crippen LogP contribution is -2.61. The maximum absolute atomic E-state index is 13.6. The van der Waals surface area contributed by atoms with Crippen LogP contribution >= 0.6 is 0 Å². The molecule has 0 aromatic heterocycles. The maximum atomic E-state index is 13.6. The highest BCUT2D eigenvalue weighted by Gasteiger charge is 2.34. The van der Waals surface area contributed by atoms with Gasteiger partial charge in [-0.25, -0.2) is 4.79 Å². The predicted molar refractivity (Wildman–Crippen MR) is 212 cm³/mol. The number of nitrogens with two attached hydrogens (primary N) is 2. The van der Waals surface area contributed by atoms with E-state index in [-0.39, 0.29) is 43.6 Å². The summed E-state index contributed by atoms with van der Waals surface area (Å²) in [6.07, 6.45) is -0.830. The van der Waals surface area contributed by atoms with E-state index in [0.717, 1.165) is 6.42 Å². The molecule has 1 saturated heterocycles. The molecule has 1 heterocycles. The van der Waals surface area contributed by atoms with Crippen LogP contribution in [0, 0.1) is 11.8 Å². The number of nitrogens with one attached hydrogen (secondary N) is 8. The molecule has 0 unspecified atom stereocenters. The topological polar surface area (TPSA) is 375 Å². The molecular weight excluding hydrogens is 778 g/mol. The maximum Gasteiger partial charge on any atom is 0.326 e. The van der Waals surface area contributed by atoms with Crippen molar-refractivity contribution in [3.05, 3.63) is 0 Å². The Labute approximate surface area is 342 Å². The van der Waals surface area contributed by atoms with Crippen molar-refractivity contribution in [1.82, 2.24) is 42.5 Å². The van der Waals surface area contributed by atoms with Crippen LogP contribution in [-0.4, -0.2) is 143 Å². The molecule has 59 heavy (non-hydrogen) atoms. The molecule has 1 fully saturated rings. The first-order valence-electron chi connectivity index (χ1n) is 19.5. The first kappa shape index (κ1) is 51.4. The second-order valence-corrected chi connectivity index (χ2v) is 15.1. The van der Waals surface area contributed by atoms with E-state index >= 15 is 0 Å². The zero-order valence-electron chi connectivity index (χ0n) is 34.5. The third kappa shape index (κ3) is 19.6. The van der Waals surface area contributed by atoms with Gasteiger partial charge in [-0.05, 0) is 70.8 Å². The molecule has 1 aliphatic rings. The van der Waals surface area contributed by atoms with E-state index in [9.17, 15) is 53.4 Å². The number of aliphatic hydroxyl groups excluding tert-OH is 1. The van der Waals surface area contributed by atoms with Gasteiger partial charge in [-0.3, -0.25) is 43.3 Å². The monoisotopic (exact) mass is 841 g/mol. The largest absolute Gasteiger partial charge is 0.481 e. The third-order valence-electron chi connectivity index (χ3n) is 9.06. The van der Waals surface area contributed by atoms with Gasteiger partial charge in [0.15, 0.2) is 5.96 Å². The quantitative estimate of drug-likeness (QED) is 0.0223. The van der Waals surface area contributed by atoms with Gasteiger partial charge in [0, 0.05) is 13.0 Å². The molecule has 334 valence electrons. The summed E-state index contributed by atoms with van der Waals surface area (Å²) in [6, 6.07) is -8.68. The number of amides is 7. The number of carbonyl (C=O) groups is 9. The number of carboxylic acids is 2. The fourth-order valence-electron chi connectivity index (χ4n) is 5.82. The van der Waals surface area contributed by atoms with Gasteiger partial charge in [-0.1, -0.05) is 27.7 Å². The summed E-state index contributed by atoms with van der Waals surface area (Å²) in [5, 5.41) is 49.0. The van der Waals surface area contributed by atoms with Crippen molar-refractivity contribution in [1.29, 1.82) is 0 Å². The second-order valence-electron chi connectivity index (χ2n) is 15.1. The zero-order valence-corrected chi connectivity index (χ0v) is 34.5. The van der Waals surface area contributed by atoms with E-state index in [0.29, 0.717) is 13.0 Å². The van der Waals surface area contributed by atoms with Crippen LogP contribution in [-0.2, 0) is 43.2 Å². The lowest BCUT2D eigenvalue weighted by atomic mass is 10.0. The summed E-state index contributed by atoms with van der Waals surface area (Å²) in [5.41, 5.74) is 10.7. The second kappa shape index (κ2) is 25.7. The van der Waals surface area contributed by atoms with Crippen LogP contribution in [0.5, 0.6) is 0 Å². The first-order chi connectivity index (χ1) is 27.5. The average Bonchev–Trinajstić information content (AvgIpc) is 3.68. The summed E-state index contributed by atoms with van der Waals surface area (Å²) in [4.78, 5) is 118. The molecule has 23 nitrogen and oxygen atoms in total. The minimum atomic E-state index is -1.58. The summed E-state index contributed by atoms with van der Waals surface area (Å²) in [6.45, 7) is 9.58. The van der Waals surface area contributed by atoms with Gasteiger partial charge in [-0.2, -0.15) is 0 Å². The lowest BCUT2D eigenvalue weighted by molar-refractivity contribution is -0.143. The minimum Gasteiger partial charge on any atom is -0.481 e. The molecular formula is C36H63N11O12. The molecule has 0 radical (unpaired) electrons. The molecule has 0 aliphatic carbocycles. The summed E-state index contributed by atoms with van der Waals surface area (Å²) in [5.74, 6) is -9.16. The Morgan fingerprint density at radius 2 is 1.32 bits per heavy atom. The van der Waals surface area contributed by atoms with E-state index in [1.807, 2.05) is 0 Å². The van der Waals surface area contributed by atoms with Crippen LogP contribution in [0.1, 0.15) is 86.5 Å². The van der Waals surface area contributed by atoms with E-state index in [1.165, 1.54) is 13.8 Å². The number of aliphatic hydroxyl groups is 1. The first-order valence-corrected chi connectivity index (χ1v) is 19.5. The van der Waals surface area contributed by atoms with Crippen LogP contribution in [0.15, 0.2) is 4.99 Å². The summed E-state index contributed by atoms with van der Waals surface area (Å²) >= 11 is 0. The van der Waals surface area contributed by atoms with Crippen molar-refractivity contribution in [2.24, 2.45) is 28.3 Å². The highest BCUT2D eigenvalue weighted by Crippen LogP contribution is 2.10. The van der Waals surface area contributed by atoms with Crippen LogP contribution in [0.3, 0.4) is 0 Å². The van der Waals surface area contributed by atoms with Gasteiger partial charge >= 0.3 is 11.9 Å². The highest BCUT2D eigenvalue weighted by molar-refractivity contribution is 5.97. The Bertz CT molecular complexity index is 1510. The van der Waals surface area contributed by atoms with Crippen molar-refractivity contribution < 1.29 is 58.5 Å². The highest BCUT2D eigenvalue weighted by atomic mass is 16.4. The fraction of sp³-hybridized carbons (Fsp3) is 0.722. The molecule has 7 amide bonds. The fourth-order valence-corrected chi connectivity index (χ4v) is 5.82. The number of guanidine groups is 1. The van der Waals surface area contributed by atoms with E-state index in [1.54, 1.807) is 27.7 Å². The van der Waals surface area contributed by atoms with Crippen molar-refractivity contribution in [2.75, 3.05) is 19.6 Å². The molecule has 0 aromatic rings.